The number of aromatic nitrogens is 3. The van der Waals surface area contributed by atoms with Gasteiger partial charge in [0.25, 0.3) is 5.56 Å². The maximum atomic E-state index is 12.4. The molecular formula is C27H37N5O2. The maximum absolute atomic E-state index is 12.4. The van der Waals surface area contributed by atoms with Crippen LogP contribution in [0.15, 0.2) is 35.4 Å². The van der Waals surface area contributed by atoms with Crippen LogP contribution in [0, 0.1) is 20.8 Å². The first-order valence-electron chi connectivity index (χ1n) is 12.2. The molecule has 1 aromatic carbocycles. The van der Waals surface area contributed by atoms with Crippen LogP contribution in [0.2, 0.25) is 0 Å². The third-order valence-electron chi connectivity index (χ3n) is 7.22. The summed E-state index contributed by atoms with van der Waals surface area (Å²) in [6.45, 7) is 6.16. The zero-order chi connectivity index (χ0) is 24.4. The Hall–Kier alpha value is -2.90. The molecule has 1 aliphatic carbocycles. The molecule has 34 heavy (non-hydrogen) atoms. The zero-order valence-electron chi connectivity index (χ0n) is 21.0. The summed E-state index contributed by atoms with van der Waals surface area (Å²) < 4.78 is 1.79. The van der Waals surface area contributed by atoms with Crippen LogP contribution in [0.5, 0.6) is 0 Å². The molecule has 0 spiro atoms. The second kappa shape index (κ2) is 10.2. The van der Waals surface area contributed by atoms with Gasteiger partial charge in [0.1, 0.15) is 6.23 Å². The van der Waals surface area contributed by atoms with Gasteiger partial charge in [0.2, 0.25) is 0 Å². The van der Waals surface area contributed by atoms with Gasteiger partial charge in [-0.1, -0.05) is 19.3 Å². The number of rotatable bonds is 7. The van der Waals surface area contributed by atoms with Crippen molar-refractivity contribution in [3.63, 3.8) is 0 Å². The molecule has 0 amide bonds. The number of aromatic amines is 1. The number of hydrogen-bond acceptors (Lipinski definition) is 5. The van der Waals surface area contributed by atoms with Gasteiger partial charge in [0.05, 0.1) is 6.20 Å². The number of pyridine rings is 1. The van der Waals surface area contributed by atoms with E-state index in [0.717, 1.165) is 39.2 Å². The predicted octanol–water partition coefficient (Wildman–Crippen LogP) is 4.25. The summed E-state index contributed by atoms with van der Waals surface area (Å²) in [7, 11) is 4.08. The predicted molar refractivity (Wildman–Crippen MR) is 137 cm³/mol. The largest absolute Gasteiger partial charge is 0.374 e. The van der Waals surface area contributed by atoms with E-state index in [1.165, 1.54) is 32.1 Å². The molecule has 7 nitrogen and oxygen atoms in total. The van der Waals surface area contributed by atoms with Crippen LogP contribution in [0.3, 0.4) is 0 Å². The van der Waals surface area contributed by atoms with E-state index >= 15 is 0 Å². The molecule has 0 saturated heterocycles. The van der Waals surface area contributed by atoms with E-state index in [1.54, 1.807) is 4.68 Å². The number of anilines is 1. The fourth-order valence-electron chi connectivity index (χ4n) is 5.18. The van der Waals surface area contributed by atoms with Crippen LogP contribution in [-0.4, -0.2) is 33.0 Å². The van der Waals surface area contributed by atoms with E-state index in [0.29, 0.717) is 11.6 Å². The second-order valence-electron chi connectivity index (χ2n) is 9.74. The van der Waals surface area contributed by atoms with E-state index < -0.39 is 6.23 Å². The van der Waals surface area contributed by atoms with Gasteiger partial charge in [-0.15, -0.1) is 0 Å². The minimum Gasteiger partial charge on any atom is -0.374 e. The van der Waals surface area contributed by atoms with Crippen LogP contribution in [0.25, 0.3) is 11.1 Å². The number of aliphatic hydroxyl groups excluding tert-OH is 1. The molecule has 2 heterocycles. The Morgan fingerprint density at radius 3 is 2.56 bits per heavy atom. The summed E-state index contributed by atoms with van der Waals surface area (Å²) in [4.78, 5) is 17.7. The highest BCUT2D eigenvalue weighted by Crippen LogP contribution is 2.35. The number of nitrogens with zero attached hydrogens (tertiary/aromatic N) is 3. The molecule has 1 saturated carbocycles. The summed E-state index contributed by atoms with van der Waals surface area (Å²) >= 11 is 0. The topological polar surface area (TPSA) is 86.2 Å². The number of hydrogen-bond donors (Lipinski definition) is 3. The quantitative estimate of drug-likeness (QED) is 0.456. The minimum atomic E-state index is -0.907. The van der Waals surface area contributed by atoms with Crippen LogP contribution in [-0.2, 0) is 13.6 Å². The third-order valence-corrected chi connectivity index (χ3v) is 7.22. The summed E-state index contributed by atoms with van der Waals surface area (Å²) in [5.74, 6) is 0. The van der Waals surface area contributed by atoms with Gasteiger partial charge in [-0.05, 0) is 68.5 Å². The van der Waals surface area contributed by atoms with Gasteiger partial charge < -0.3 is 15.0 Å². The molecule has 0 bridgehead atoms. The fourth-order valence-corrected chi connectivity index (χ4v) is 5.18. The molecule has 182 valence electrons. The Kier molecular flexibility index (Phi) is 7.24. The van der Waals surface area contributed by atoms with Crippen molar-refractivity contribution in [1.29, 1.82) is 0 Å². The van der Waals surface area contributed by atoms with Crippen molar-refractivity contribution in [3.05, 3.63) is 68.9 Å². The van der Waals surface area contributed by atoms with Gasteiger partial charge >= 0.3 is 0 Å². The average molecular weight is 464 g/mol. The molecule has 1 atom stereocenters. The molecule has 1 aliphatic rings. The lowest BCUT2D eigenvalue weighted by molar-refractivity contribution is 0.136. The number of benzene rings is 1. The third kappa shape index (κ3) is 5.10. The van der Waals surface area contributed by atoms with E-state index in [4.69, 9.17) is 0 Å². The highest BCUT2D eigenvalue weighted by Gasteiger charge is 2.23. The van der Waals surface area contributed by atoms with Gasteiger partial charge in [-0.25, -0.2) is 0 Å². The number of nitrogens with one attached hydrogen (secondary N) is 2. The number of aryl methyl sites for hydroxylation is 3. The van der Waals surface area contributed by atoms with Crippen molar-refractivity contribution in [1.82, 2.24) is 20.1 Å². The van der Waals surface area contributed by atoms with Gasteiger partial charge in [-0.3, -0.25) is 14.8 Å². The molecule has 7 heteroatoms. The first-order chi connectivity index (χ1) is 16.2. The van der Waals surface area contributed by atoms with Crippen molar-refractivity contribution < 1.29 is 5.11 Å². The van der Waals surface area contributed by atoms with Gasteiger partial charge in [-0.2, -0.15) is 5.10 Å². The fraction of sp³-hybridized carbons (Fsp3) is 0.481. The monoisotopic (exact) mass is 463 g/mol. The lowest BCUT2D eigenvalue weighted by Gasteiger charge is -2.35. The molecule has 0 aliphatic heterocycles. The lowest BCUT2D eigenvalue weighted by atomic mass is 9.92. The molecular weight excluding hydrogens is 426 g/mol. The first kappa shape index (κ1) is 24.2. The Morgan fingerprint density at radius 2 is 1.91 bits per heavy atom. The van der Waals surface area contributed by atoms with Gasteiger partial charge in [0.15, 0.2) is 0 Å². The zero-order valence-corrected chi connectivity index (χ0v) is 21.0. The first-order valence-corrected chi connectivity index (χ1v) is 12.2. The SMILES string of the molecule is Cc1cc(C)c(CNC(O)c2cc(-c3cnn(C)c3)cc(N(C)C3CCCCC3)c2C)c(=O)[nH]1. The van der Waals surface area contributed by atoms with Crippen LogP contribution >= 0.6 is 0 Å². The van der Waals surface area contributed by atoms with Crippen LogP contribution < -0.4 is 15.8 Å². The second-order valence-corrected chi connectivity index (χ2v) is 9.74. The summed E-state index contributed by atoms with van der Waals surface area (Å²) in [6.07, 6.45) is 9.16. The maximum Gasteiger partial charge on any atom is 0.252 e. The highest BCUT2D eigenvalue weighted by molar-refractivity contribution is 5.72. The molecule has 4 rings (SSSR count). The highest BCUT2D eigenvalue weighted by atomic mass is 16.3. The summed E-state index contributed by atoms with van der Waals surface area (Å²) in [6, 6.07) is 6.71. The smallest absolute Gasteiger partial charge is 0.252 e. The van der Waals surface area contributed by atoms with E-state index in [2.05, 4.69) is 40.3 Å². The van der Waals surface area contributed by atoms with E-state index in [1.807, 2.05) is 45.4 Å². The Balaban J connectivity index is 1.68. The summed E-state index contributed by atoms with van der Waals surface area (Å²) in [5.41, 5.74) is 7.32. The molecule has 0 radical (unpaired) electrons. The minimum absolute atomic E-state index is 0.115. The van der Waals surface area contributed by atoms with E-state index in [9.17, 15) is 9.90 Å². The molecule has 2 aromatic heterocycles. The van der Waals surface area contributed by atoms with Crippen molar-refractivity contribution >= 4 is 5.69 Å². The molecule has 3 aromatic rings. The average Bonchev–Trinajstić information content (AvgIpc) is 3.24. The molecule has 1 fully saturated rings. The van der Waals surface area contributed by atoms with E-state index in [-0.39, 0.29) is 12.1 Å². The summed E-state index contributed by atoms with van der Waals surface area (Å²) in [5, 5.41) is 18.8. The number of H-pyrrole nitrogens is 1. The van der Waals surface area contributed by atoms with Crippen LogP contribution in [0.4, 0.5) is 5.69 Å². The van der Waals surface area contributed by atoms with Crippen molar-refractivity contribution in [2.45, 2.75) is 71.7 Å². The molecule has 3 N–H and O–H groups in total. The standard InChI is InChI=1S/C27H37N5O2/c1-17-11-18(2)30-27(34)24(17)15-28-26(33)23-12-20(21-14-29-31(4)16-21)13-25(19(23)3)32(5)22-9-7-6-8-10-22/h11-14,16,22,26,28,33H,6-10,15H2,1-5H3,(H,30,34). The normalized spacial score (nSPS) is 15.5. The van der Waals surface area contributed by atoms with Gasteiger partial charge in [0, 0.05) is 61.0 Å². The van der Waals surface area contributed by atoms with Crippen molar-refractivity contribution in [2.75, 3.05) is 11.9 Å². The Labute approximate surface area is 201 Å². The van der Waals surface area contributed by atoms with Crippen molar-refractivity contribution in [2.24, 2.45) is 7.05 Å². The van der Waals surface area contributed by atoms with Crippen LogP contribution in [0.1, 0.15) is 66.3 Å². The Bertz CT molecular complexity index is 1210. The molecule has 1 unspecified atom stereocenters. The number of aliphatic hydroxyl groups is 1. The van der Waals surface area contributed by atoms with Crippen molar-refractivity contribution in [3.8, 4) is 11.1 Å². The Morgan fingerprint density at radius 1 is 1.18 bits per heavy atom. The lowest BCUT2D eigenvalue weighted by Crippen LogP contribution is -2.34.